The zero-order valence-electron chi connectivity index (χ0n) is 14.0. The highest BCUT2D eigenvalue weighted by atomic mass is 79.9. The first-order chi connectivity index (χ1) is 13.5. The predicted molar refractivity (Wildman–Crippen MR) is 128 cm³/mol. The number of thiocarbonyl (C=S) groups is 1. The maximum atomic E-state index is 12.3. The lowest BCUT2D eigenvalue weighted by Gasteiger charge is -2.14. The average molecular weight is 553 g/mol. The SMILES string of the molecule is O=C(NC(=S)Nc1c(Br)cc(Br)cc1-c1nc2ccccc2s1)c1cccs1. The van der Waals surface area contributed by atoms with E-state index in [0.717, 1.165) is 35.4 Å². The summed E-state index contributed by atoms with van der Waals surface area (Å²) in [7, 11) is 0. The van der Waals surface area contributed by atoms with Crippen LogP contribution in [0.25, 0.3) is 20.8 Å². The molecule has 0 fully saturated rings. The van der Waals surface area contributed by atoms with Crippen molar-refractivity contribution in [2.24, 2.45) is 0 Å². The molecule has 0 saturated carbocycles. The Hall–Kier alpha value is -1.65. The Morgan fingerprint density at radius 1 is 1.11 bits per heavy atom. The molecule has 0 aliphatic carbocycles. The van der Waals surface area contributed by atoms with Crippen molar-refractivity contribution in [3.05, 3.63) is 67.7 Å². The number of nitrogens with one attached hydrogen (secondary N) is 2. The van der Waals surface area contributed by atoms with Crippen LogP contribution in [-0.2, 0) is 0 Å². The van der Waals surface area contributed by atoms with E-state index in [9.17, 15) is 4.79 Å². The van der Waals surface area contributed by atoms with Crippen molar-refractivity contribution in [3.8, 4) is 10.6 Å². The molecular weight excluding hydrogens is 542 g/mol. The van der Waals surface area contributed by atoms with Crippen LogP contribution in [0.3, 0.4) is 0 Å². The van der Waals surface area contributed by atoms with Gasteiger partial charge in [0.05, 0.1) is 20.8 Å². The summed E-state index contributed by atoms with van der Waals surface area (Å²) in [5, 5.41) is 8.80. The van der Waals surface area contributed by atoms with Crippen LogP contribution in [0, 0.1) is 0 Å². The summed E-state index contributed by atoms with van der Waals surface area (Å²) >= 11 is 15.5. The molecule has 9 heteroatoms. The van der Waals surface area contributed by atoms with E-state index >= 15 is 0 Å². The zero-order chi connectivity index (χ0) is 19.7. The van der Waals surface area contributed by atoms with E-state index in [4.69, 9.17) is 17.2 Å². The number of amides is 1. The lowest BCUT2D eigenvalue weighted by atomic mass is 10.2. The molecule has 28 heavy (non-hydrogen) atoms. The number of thiazole rings is 1. The summed E-state index contributed by atoms with van der Waals surface area (Å²) < 4.78 is 2.82. The number of rotatable bonds is 3. The molecule has 4 rings (SSSR count). The topological polar surface area (TPSA) is 54.0 Å². The smallest absolute Gasteiger partial charge is 0.267 e. The minimum absolute atomic E-state index is 0.226. The quantitative estimate of drug-likeness (QED) is 0.278. The van der Waals surface area contributed by atoms with Gasteiger partial charge < -0.3 is 5.32 Å². The summed E-state index contributed by atoms with van der Waals surface area (Å²) in [6.07, 6.45) is 0. The molecule has 0 unspecified atom stereocenters. The van der Waals surface area contributed by atoms with Crippen molar-refractivity contribution < 1.29 is 4.79 Å². The number of fused-ring (bicyclic) bond motifs is 1. The van der Waals surface area contributed by atoms with Gasteiger partial charge in [-0.15, -0.1) is 22.7 Å². The minimum Gasteiger partial charge on any atom is -0.331 e. The van der Waals surface area contributed by atoms with Gasteiger partial charge in [0.1, 0.15) is 5.01 Å². The van der Waals surface area contributed by atoms with Gasteiger partial charge in [-0.25, -0.2) is 4.98 Å². The van der Waals surface area contributed by atoms with Crippen LogP contribution in [0.4, 0.5) is 5.69 Å². The van der Waals surface area contributed by atoms with E-state index in [0.29, 0.717) is 4.88 Å². The van der Waals surface area contributed by atoms with E-state index in [1.807, 2.05) is 47.8 Å². The third-order valence-electron chi connectivity index (χ3n) is 3.79. The maximum Gasteiger partial charge on any atom is 0.267 e. The summed E-state index contributed by atoms with van der Waals surface area (Å²) in [6, 6.07) is 15.5. The number of benzene rings is 2. The van der Waals surface area contributed by atoms with Crippen molar-refractivity contribution in [2.45, 2.75) is 0 Å². The number of para-hydroxylation sites is 1. The van der Waals surface area contributed by atoms with Crippen molar-refractivity contribution in [3.63, 3.8) is 0 Å². The molecule has 2 N–H and O–H groups in total. The summed E-state index contributed by atoms with van der Waals surface area (Å²) in [4.78, 5) is 17.6. The second kappa shape index (κ2) is 8.38. The standard InChI is InChI=1S/C19H11Br2N3OS3/c20-10-8-11(18-22-13-4-1-2-5-14(13)28-18)16(12(21)9-10)23-19(26)24-17(25)15-6-3-7-27-15/h1-9H,(H2,23,24,25,26). The third kappa shape index (κ3) is 4.18. The van der Waals surface area contributed by atoms with Crippen LogP contribution in [-0.4, -0.2) is 16.0 Å². The maximum absolute atomic E-state index is 12.3. The molecule has 0 saturated heterocycles. The van der Waals surface area contributed by atoms with Gasteiger partial charge >= 0.3 is 0 Å². The first-order valence-electron chi connectivity index (χ1n) is 8.02. The molecule has 1 amide bonds. The number of aromatic nitrogens is 1. The summed E-state index contributed by atoms with van der Waals surface area (Å²) in [5.74, 6) is -0.234. The molecular formula is C19H11Br2N3OS3. The molecule has 4 aromatic rings. The minimum atomic E-state index is -0.234. The lowest BCUT2D eigenvalue weighted by molar-refractivity contribution is 0.0981. The Bertz CT molecular complexity index is 1160. The monoisotopic (exact) mass is 551 g/mol. The fraction of sp³-hybridized carbons (Fsp3) is 0. The first kappa shape index (κ1) is 19.7. The number of thiophene rings is 1. The molecule has 2 heterocycles. The zero-order valence-corrected chi connectivity index (χ0v) is 19.7. The Balaban J connectivity index is 1.66. The normalized spacial score (nSPS) is 10.8. The highest BCUT2D eigenvalue weighted by Gasteiger charge is 2.17. The van der Waals surface area contributed by atoms with Crippen LogP contribution >= 0.6 is 66.8 Å². The number of carbonyl (C=O) groups excluding carboxylic acids is 1. The van der Waals surface area contributed by atoms with Gasteiger partial charge in [0.15, 0.2) is 5.11 Å². The van der Waals surface area contributed by atoms with Gasteiger partial charge in [-0.05, 0) is 63.9 Å². The molecule has 140 valence electrons. The Morgan fingerprint density at radius 3 is 2.68 bits per heavy atom. The predicted octanol–water partition coefficient (Wildman–Crippen LogP) is 6.68. The van der Waals surface area contributed by atoms with E-state index in [2.05, 4.69) is 42.5 Å². The van der Waals surface area contributed by atoms with Gasteiger partial charge in [0.2, 0.25) is 0 Å². The first-order valence-corrected chi connectivity index (χ1v) is 11.7. The van der Waals surface area contributed by atoms with E-state index in [1.165, 1.54) is 11.3 Å². The van der Waals surface area contributed by atoms with Gasteiger partial charge in [0, 0.05) is 14.5 Å². The van der Waals surface area contributed by atoms with Gasteiger partial charge in [-0.2, -0.15) is 0 Å². The molecule has 0 atom stereocenters. The van der Waals surface area contributed by atoms with Crippen LogP contribution < -0.4 is 10.6 Å². The van der Waals surface area contributed by atoms with Crippen LogP contribution in [0.15, 0.2) is 62.9 Å². The molecule has 0 aliphatic rings. The highest BCUT2D eigenvalue weighted by Crippen LogP contribution is 2.40. The molecule has 4 nitrogen and oxygen atoms in total. The molecule has 0 aliphatic heterocycles. The number of hydrogen-bond donors (Lipinski definition) is 2. The van der Waals surface area contributed by atoms with Crippen molar-refractivity contribution in [2.75, 3.05) is 5.32 Å². The average Bonchev–Trinajstić information content (AvgIpc) is 3.33. The van der Waals surface area contributed by atoms with E-state index in [-0.39, 0.29) is 11.0 Å². The fourth-order valence-electron chi connectivity index (χ4n) is 2.57. The van der Waals surface area contributed by atoms with Crippen LogP contribution in [0.2, 0.25) is 0 Å². The summed E-state index contributed by atoms with van der Waals surface area (Å²) in [6.45, 7) is 0. The number of halogens is 2. The van der Waals surface area contributed by atoms with Gasteiger partial charge in [0.25, 0.3) is 5.91 Å². The molecule has 0 radical (unpaired) electrons. The largest absolute Gasteiger partial charge is 0.331 e. The molecule has 2 aromatic carbocycles. The van der Waals surface area contributed by atoms with Crippen LogP contribution in [0.1, 0.15) is 9.67 Å². The number of anilines is 1. The second-order valence-electron chi connectivity index (χ2n) is 5.68. The van der Waals surface area contributed by atoms with Gasteiger partial charge in [-0.1, -0.05) is 34.1 Å². The molecule has 2 aromatic heterocycles. The number of hydrogen-bond acceptors (Lipinski definition) is 5. The van der Waals surface area contributed by atoms with Gasteiger partial charge in [-0.3, -0.25) is 10.1 Å². The van der Waals surface area contributed by atoms with E-state index in [1.54, 1.807) is 17.4 Å². The van der Waals surface area contributed by atoms with E-state index < -0.39 is 0 Å². The Labute approximate surface area is 191 Å². The number of carbonyl (C=O) groups is 1. The molecule has 0 bridgehead atoms. The van der Waals surface area contributed by atoms with Crippen molar-refractivity contribution in [1.82, 2.24) is 10.3 Å². The second-order valence-corrected chi connectivity index (χ2v) is 9.84. The lowest BCUT2D eigenvalue weighted by Crippen LogP contribution is -2.33. The van der Waals surface area contributed by atoms with Crippen molar-refractivity contribution in [1.29, 1.82) is 0 Å². The van der Waals surface area contributed by atoms with Crippen LogP contribution in [0.5, 0.6) is 0 Å². The Kier molecular flexibility index (Phi) is 5.88. The summed E-state index contributed by atoms with van der Waals surface area (Å²) in [5.41, 5.74) is 2.58. The molecule has 0 spiro atoms. The van der Waals surface area contributed by atoms with Crippen molar-refractivity contribution >= 4 is 93.7 Å². The Morgan fingerprint density at radius 2 is 1.93 bits per heavy atom. The fourth-order valence-corrected chi connectivity index (χ4v) is 5.70. The highest BCUT2D eigenvalue weighted by molar-refractivity contribution is 9.11. The number of nitrogens with zero attached hydrogens (tertiary/aromatic N) is 1. The third-order valence-corrected chi connectivity index (χ3v) is 7.02.